The number of halogens is 2. The third-order valence-corrected chi connectivity index (χ3v) is 9.19. The lowest BCUT2D eigenvalue weighted by Crippen LogP contribution is -2.58. The highest BCUT2D eigenvalue weighted by molar-refractivity contribution is 6.01. The number of para-hydroxylation sites is 1. The molecule has 11 nitrogen and oxygen atoms in total. The number of hydrogen-bond donors (Lipinski definition) is 1. The number of carbonyl (C=O) groups excluding carboxylic acids is 3. The predicted molar refractivity (Wildman–Crippen MR) is 165 cm³/mol. The van der Waals surface area contributed by atoms with Crippen molar-refractivity contribution in [1.82, 2.24) is 20.0 Å². The molecule has 13 heteroatoms. The quantitative estimate of drug-likeness (QED) is 0.451. The van der Waals surface area contributed by atoms with Crippen molar-refractivity contribution in [2.24, 2.45) is 0 Å². The van der Waals surface area contributed by atoms with Gasteiger partial charge in [-0.05, 0) is 55.5 Å². The van der Waals surface area contributed by atoms with Gasteiger partial charge in [-0.3, -0.25) is 0 Å². The topological polar surface area (TPSA) is 118 Å². The molecular weight excluding hydrogens is 598 g/mol. The van der Waals surface area contributed by atoms with Gasteiger partial charge in [-0.2, -0.15) is 5.26 Å². The van der Waals surface area contributed by atoms with Gasteiger partial charge in [0.2, 0.25) is 0 Å². The van der Waals surface area contributed by atoms with E-state index >= 15 is 0 Å². The zero-order chi connectivity index (χ0) is 33.0. The van der Waals surface area contributed by atoms with E-state index in [9.17, 15) is 28.4 Å². The van der Waals surface area contributed by atoms with E-state index in [2.05, 4.69) is 21.2 Å². The van der Waals surface area contributed by atoms with Crippen LogP contribution in [0.5, 0.6) is 0 Å². The molecule has 0 aromatic heterocycles. The van der Waals surface area contributed by atoms with Gasteiger partial charge in [0.1, 0.15) is 12.1 Å². The van der Waals surface area contributed by atoms with Crippen molar-refractivity contribution in [3.63, 3.8) is 0 Å². The highest BCUT2D eigenvalue weighted by Crippen LogP contribution is 2.37. The van der Waals surface area contributed by atoms with Gasteiger partial charge in [-0.25, -0.2) is 28.1 Å². The molecule has 3 aliphatic rings. The monoisotopic (exact) mass is 636 g/mol. The van der Waals surface area contributed by atoms with Crippen LogP contribution in [0.4, 0.5) is 24.1 Å². The minimum Gasteiger partial charge on any atom is -0.466 e. The maximum absolute atomic E-state index is 14.4. The summed E-state index contributed by atoms with van der Waals surface area (Å²) in [5.41, 5.74) is 1.62. The zero-order valence-electron chi connectivity index (χ0n) is 26.2. The number of ether oxygens (including phenoxy) is 2. The van der Waals surface area contributed by atoms with E-state index in [0.29, 0.717) is 24.4 Å². The molecule has 0 aliphatic carbocycles. The maximum Gasteiger partial charge on any atom is 0.338 e. The Morgan fingerprint density at radius 1 is 1.02 bits per heavy atom. The number of likely N-dealkylation sites (tertiary alicyclic amines) is 1. The first kappa shape index (κ1) is 32.8. The fourth-order valence-electron chi connectivity index (χ4n) is 6.75. The number of nitrogens with one attached hydrogen (secondary N) is 1. The number of nitriles is 1. The average molecular weight is 637 g/mol. The Morgan fingerprint density at radius 3 is 2.35 bits per heavy atom. The molecule has 0 radical (unpaired) electrons. The highest BCUT2D eigenvalue weighted by Gasteiger charge is 2.45. The first-order chi connectivity index (χ1) is 22.2. The smallest absolute Gasteiger partial charge is 0.338 e. The van der Waals surface area contributed by atoms with Gasteiger partial charge >= 0.3 is 18.0 Å². The number of hydrogen-bond acceptors (Lipinski definition) is 8. The highest BCUT2D eigenvalue weighted by atomic mass is 19.2. The lowest BCUT2D eigenvalue weighted by atomic mass is 9.93. The van der Waals surface area contributed by atoms with Gasteiger partial charge < -0.3 is 29.5 Å². The van der Waals surface area contributed by atoms with Crippen LogP contribution >= 0.6 is 0 Å². The number of imide groups is 1. The third kappa shape index (κ3) is 6.54. The molecule has 4 amide bonds. The molecule has 2 aromatic carbocycles. The first-order valence-electron chi connectivity index (χ1n) is 15.3. The second-order valence-corrected chi connectivity index (χ2v) is 11.7. The predicted octanol–water partition coefficient (Wildman–Crippen LogP) is 4.16. The standard InChI is InChI=1S/C33H38F2N6O5/c1-38(23-10-14-39(15-11-23)24-12-16-40(17-13-24)28-7-5-4-6-22(28)19-36)33(44)41-30(21-8-9-25(34)26(35)18-21)29(31(42)46-3)27(20-45-2)37-32(41)43/h4-9,18,23-24,30H,10-17,20H2,1-3H3,(H,37,43)/t30-/m0/s1. The minimum atomic E-state index is -1.38. The molecule has 0 bridgehead atoms. The van der Waals surface area contributed by atoms with Gasteiger partial charge in [-0.15, -0.1) is 0 Å². The Kier molecular flexibility index (Phi) is 10.2. The summed E-state index contributed by atoms with van der Waals surface area (Å²) in [6.07, 6.45) is 3.24. The summed E-state index contributed by atoms with van der Waals surface area (Å²) in [6.45, 7) is 3.02. The number of benzene rings is 2. The van der Waals surface area contributed by atoms with Crippen molar-refractivity contribution in [3.05, 3.63) is 76.5 Å². The number of carbonyl (C=O) groups is 3. The molecule has 2 aromatic rings. The van der Waals surface area contributed by atoms with Gasteiger partial charge in [-0.1, -0.05) is 18.2 Å². The van der Waals surface area contributed by atoms with E-state index in [1.54, 1.807) is 7.05 Å². The van der Waals surface area contributed by atoms with Crippen LogP contribution in [0.2, 0.25) is 0 Å². The van der Waals surface area contributed by atoms with Gasteiger partial charge in [0, 0.05) is 52.4 Å². The van der Waals surface area contributed by atoms with Crippen LogP contribution in [0.15, 0.2) is 53.7 Å². The molecule has 2 fully saturated rings. The lowest BCUT2D eigenvalue weighted by Gasteiger charge is -2.45. The molecule has 0 unspecified atom stereocenters. The Bertz CT molecular complexity index is 1550. The summed E-state index contributed by atoms with van der Waals surface area (Å²) in [5.74, 6) is -3.14. The Balaban J connectivity index is 1.29. The normalized spacial score (nSPS) is 19.9. The molecule has 5 rings (SSSR count). The van der Waals surface area contributed by atoms with Crippen LogP contribution in [-0.4, -0.2) is 98.9 Å². The number of nitrogens with zero attached hydrogens (tertiary/aromatic N) is 5. The van der Waals surface area contributed by atoms with Crippen molar-refractivity contribution >= 4 is 23.7 Å². The van der Waals surface area contributed by atoms with Crippen molar-refractivity contribution in [3.8, 4) is 6.07 Å². The molecule has 1 N–H and O–H groups in total. The fraction of sp³-hybridized carbons (Fsp3) is 0.455. The number of esters is 1. The van der Waals surface area contributed by atoms with Crippen LogP contribution in [-0.2, 0) is 14.3 Å². The van der Waals surface area contributed by atoms with Gasteiger partial charge in [0.05, 0.1) is 36.2 Å². The number of anilines is 1. The molecule has 2 saturated heterocycles. The Hall–Kier alpha value is -4.54. The number of methoxy groups -OCH3 is 2. The summed E-state index contributed by atoms with van der Waals surface area (Å²) >= 11 is 0. The summed E-state index contributed by atoms with van der Waals surface area (Å²) in [6, 6.07) is 10.2. The van der Waals surface area contributed by atoms with E-state index in [-0.39, 0.29) is 29.5 Å². The molecule has 0 saturated carbocycles. The molecule has 244 valence electrons. The zero-order valence-corrected chi connectivity index (χ0v) is 26.2. The summed E-state index contributed by atoms with van der Waals surface area (Å²) < 4.78 is 38.5. The maximum atomic E-state index is 14.4. The SMILES string of the molecule is COCC1=C(C(=O)OC)[C@H](c2ccc(F)c(F)c2)N(C(=O)N(C)C2CCN(C3CCN(c4ccccc4C#N)CC3)CC2)C(=O)N1. The molecular formula is C33H38F2N6O5. The summed E-state index contributed by atoms with van der Waals surface area (Å²) in [5, 5.41) is 12.1. The van der Waals surface area contributed by atoms with Crippen molar-refractivity contribution < 1.29 is 32.6 Å². The van der Waals surface area contributed by atoms with Crippen LogP contribution in [0.3, 0.4) is 0 Å². The third-order valence-electron chi connectivity index (χ3n) is 9.19. The Labute approximate surface area is 266 Å². The first-order valence-corrected chi connectivity index (χ1v) is 15.3. The lowest BCUT2D eigenvalue weighted by molar-refractivity contribution is -0.137. The average Bonchev–Trinajstić information content (AvgIpc) is 3.08. The van der Waals surface area contributed by atoms with Crippen LogP contribution < -0.4 is 10.2 Å². The van der Waals surface area contributed by atoms with E-state index in [4.69, 9.17) is 9.47 Å². The molecule has 0 spiro atoms. The fourth-order valence-corrected chi connectivity index (χ4v) is 6.75. The van der Waals surface area contributed by atoms with Gasteiger partial charge in [0.25, 0.3) is 0 Å². The second-order valence-electron chi connectivity index (χ2n) is 11.7. The van der Waals surface area contributed by atoms with Crippen LogP contribution in [0, 0.1) is 23.0 Å². The van der Waals surface area contributed by atoms with Gasteiger partial charge in [0.15, 0.2) is 11.6 Å². The second kappa shape index (κ2) is 14.3. The van der Waals surface area contributed by atoms with E-state index < -0.39 is 35.7 Å². The number of urea groups is 2. The summed E-state index contributed by atoms with van der Waals surface area (Å²) in [4.78, 5) is 47.6. The number of amides is 4. The van der Waals surface area contributed by atoms with Crippen LogP contribution in [0.25, 0.3) is 0 Å². The number of piperidine rings is 2. The number of rotatable bonds is 7. The Morgan fingerprint density at radius 2 is 1.72 bits per heavy atom. The van der Waals surface area contributed by atoms with Crippen molar-refractivity contribution in [2.45, 2.75) is 43.8 Å². The molecule has 3 heterocycles. The molecule has 46 heavy (non-hydrogen) atoms. The van der Waals surface area contributed by atoms with Crippen molar-refractivity contribution in [2.75, 3.05) is 59.0 Å². The molecule has 1 atom stereocenters. The minimum absolute atomic E-state index is 0.0306. The van der Waals surface area contributed by atoms with E-state index in [1.807, 2.05) is 24.3 Å². The van der Waals surface area contributed by atoms with E-state index in [1.165, 1.54) is 18.1 Å². The molecule has 3 aliphatic heterocycles. The van der Waals surface area contributed by atoms with Crippen LogP contribution in [0.1, 0.15) is 42.9 Å². The largest absolute Gasteiger partial charge is 0.466 e. The van der Waals surface area contributed by atoms with Crippen molar-refractivity contribution in [1.29, 1.82) is 5.26 Å². The van der Waals surface area contributed by atoms with E-state index in [0.717, 1.165) is 68.9 Å². The summed E-state index contributed by atoms with van der Waals surface area (Å²) in [7, 11) is 4.13.